The third-order valence-electron chi connectivity index (χ3n) is 2.16. The lowest BCUT2D eigenvalue weighted by atomic mass is 10.2. The second-order valence-corrected chi connectivity index (χ2v) is 3.32. The number of aromatic nitrogens is 2. The normalized spacial score (nSPS) is 10.8. The van der Waals surface area contributed by atoms with Crippen LogP contribution < -0.4 is 0 Å². The van der Waals surface area contributed by atoms with Crippen molar-refractivity contribution in [1.82, 2.24) is 9.97 Å². The van der Waals surface area contributed by atoms with Gasteiger partial charge in [-0.2, -0.15) is 0 Å². The molecule has 0 fully saturated rings. The molecule has 0 spiro atoms. The van der Waals surface area contributed by atoms with E-state index >= 15 is 0 Å². The van der Waals surface area contributed by atoms with Crippen molar-refractivity contribution >= 4 is 18.0 Å². The molecule has 17 heavy (non-hydrogen) atoms. The lowest BCUT2D eigenvalue weighted by Gasteiger charge is -1.94. The van der Waals surface area contributed by atoms with E-state index in [0.29, 0.717) is 5.69 Å². The van der Waals surface area contributed by atoms with E-state index in [1.807, 2.05) is 0 Å². The molecular formula is C11H9N3O3. The Hall–Kier alpha value is -2.63. The first-order valence-electron chi connectivity index (χ1n) is 4.81. The molecule has 0 amide bonds. The minimum Gasteiger partial charge on any atom is -0.508 e. The highest BCUT2D eigenvalue weighted by atomic mass is 16.6. The number of imidazole rings is 1. The van der Waals surface area contributed by atoms with Crippen LogP contribution in [0.15, 0.2) is 30.6 Å². The number of hydrogen-bond acceptors (Lipinski definition) is 4. The van der Waals surface area contributed by atoms with Crippen molar-refractivity contribution in [3.8, 4) is 5.75 Å². The number of hydrogen-bond donors (Lipinski definition) is 2. The smallest absolute Gasteiger partial charge is 0.388 e. The summed E-state index contributed by atoms with van der Waals surface area (Å²) in [5.41, 5.74) is 1.16. The molecule has 0 aliphatic carbocycles. The maximum absolute atomic E-state index is 10.6. The molecule has 6 heteroatoms. The Labute approximate surface area is 96.4 Å². The molecule has 2 aromatic rings. The molecule has 0 aliphatic heterocycles. The molecule has 0 unspecified atom stereocenters. The fourth-order valence-electron chi connectivity index (χ4n) is 1.33. The topological polar surface area (TPSA) is 92.0 Å². The third-order valence-corrected chi connectivity index (χ3v) is 2.16. The number of nitrogens with zero attached hydrogens (tertiary/aromatic N) is 2. The van der Waals surface area contributed by atoms with Crippen LogP contribution in [0.5, 0.6) is 5.75 Å². The van der Waals surface area contributed by atoms with Gasteiger partial charge in [0.15, 0.2) is 0 Å². The van der Waals surface area contributed by atoms with Crippen LogP contribution in [0.1, 0.15) is 11.3 Å². The number of phenols is 1. The third kappa shape index (κ3) is 2.49. The zero-order valence-corrected chi connectivity index (χ0v) is 8.70. The SMILES string of the molecule is O=[N+]([O-])c1nc[nH]c1/C=C/c1ccc(O)cc1. The van der Waals surface area contributed by atoms with Gasteiger partial charge in [0.2, 0.25) is 6.33 Å². The van der Waals surface area contributed by atoms with E-state index in [4.69, 9.17) is 5.11 Å². The average molecular weight is 231 g/mol. The van der Waals surface area contributed by atoms with Gasteiger partial charge in [0.05, 0.1) is 0 Å². The van der Waals surface area contributed by atoms with Crippen molar-refractivity contribution in [3.63, 3.8) is 0 Å². The van der Waals surface area contributed by atoms with Gasteiger partial charge in [0.25, 0.3) is 0 Å². The molecule has 0 atom stereocenters. The summed E-state index contributed by atoms with van der Waals surface area (Å²) in [5, 5.41) is 19.7. The number of nitro groups is 1. The van der Waals surface area contributed by atoms with Crippen LogP contribution in [-0.4, -0.2) is 20.0 Å². The van der Waals surface area contributed by atoms with Crippen molar-refractivity contribution in [2.45, 2.75) is 0 Å². The number of benzene rings is 1. The highest BCUT2D eigenvalue weighted by Gasteiger charge is 2.13. The standard InChI is InChI=1S/C11H9N3O3/c15-9-4-1-8(2-5-9)3-6-10-11(14(16)17)13-7-12-10/h1-7,15H,(H,12,13)/b6-3+. The predicted octanol–water partition coefficient (Wildman–Crippen LogP) is 2.19. The Morgan fingerprint density at radius 3 is 2.65 bits per heavy atom. The lowest BCUT2D eigenvalue weighted by molar-refractivity contribution is -0.389. The Morgan fingerprint density at radius 2 is 2.00 bits per heavy atom. The molecule has 1 heterocycles. The molecule has 0 saturated heterocycles. The average Bonchev–Trinajstić information content (AvgIpc) is 2.76. The quantitative estimate of drug-likeness (QED) is 0.625. The summed E-state index contributed by atoms with van der Waals surface area (Å²) in [5.74, 6) is -0.0327. The van der Waals surface area contributed by atoms with Crippen molar-refractivity contribution in [2.24, 2.45) is 0 Å². The zero-order chi connectivity index (χ0) is 12.3. The van der Waals surface area contributed by atoms with E-state index in [0.717, 1.165) is 5.56 Å². The van der Waals surface area contributed by atoms with E-state index in [9.17, 15) is 10.1 Å². The van der Waals surface area contributed by atoms with Crippen LogP contribution in [-0.2, 0) is 0 Å². The second-order valence-electron chi connectivity index (χ2n) is 3.32. The van der Waals surface area contributed by atoms with Gasteiger partial charge in [-0.1, -0.05) is 18.2 Å². The Kier molecular flexibility index (Phi) is 2.87. The van der Waals surface area contributed by atoms with Crippen LogP contribution >= 0.6 is 0 Å². The van der Waals surface area contributed by atoms with Crippen molar-refractivity contribution in [3.05, 3.63) is 52.0 Å². The summed E-state index contributed by atoms with van der Waals surface area (Å²) in [6, 6.07) is 6.49. The summed E-state index contributed by atoms with van der Waals surface area (Å²) in [4.78, 5) is 16.3. The minimum absolute atomic E-state index is 0.176. The molecule has 0 radical (unpaired) electrons. The minimum atomic E-state index is -0.549. The van der Waals surface area contributed by atoms with Gasteiger partial charge in [0.1, 0.15) is 11.4 Å². The molecule has 1 aromatic carbocycles. The van der Waals surface area contributed by atoms with Crippen molar-refractivity contribution in [1.29, 1.82) is 0 Å². The molecule has 2 N–H and O–H groups in total. The molecular weight excluding hydrogens is 222 g/mol. The van der Waals surface area contributed by atoms with Gasteiger partial charge < -0.3 is 20.2 Å². The first-order chi connectivity index (χ1) is 8.16. The number of nitrogens with one attached hydrogen (secondary N) is 1. The first kappa shape index (κ1) is 10.9. The highest BCUT2D eigenvalue weighted by molar-refractivity contribution is 5.71. The fraction of sp³-hybridized carbons (Fsp3) is 0. The molecule has 6 nitrogen and oxygen atoms in total. The largest absolute Gasteiger partial charge is 0.508 e. The monoisotopic (exact) mass is 231 g/mol. The second kappa shape index (κ2) is 4.48. The zero-order valence-electron chi connectivity index (χ0n) is 8.70. The number of aromatic amines is 1. The first-order valence-corrected chi connectivity index (χ1v) is 4.81. The highest BCUT2D eigenvalue weighted by Crippen LogP contribution is 2.16. The van der Waals surface area contributed by atoms with Crippen LogP contribution in [0, 0.1) is 10.1 Å². The summed E-state index contributed by atoms with van der Waals surface area (Å²) in [7, 11) is 0. The van der Waals surface area contributed by atoms with Gasteiger partial charge in [-0.25, -0.2) is 0 Å². The maximum atomic E-state index is 10.6. The predicted molar refractivity (Wildman–Crippen MR) is 62.3 cm³/mol. The molecule has 86 valence electrons. The van der Waals surface area contributed by atoms with Crippen molar-refractivity contribution in [2.75, 3.05) is 0 Å². The Bertz CT molecular complexity index is 558. The maximum Gasteiger partial charge on any atom is 0.388 e. The van der Waals surface area contributed by atoms with Gasteiger partial charge in [-0.15, -0.1) is 0 Å². The van der Waals surface area contributed by atoms with Crippen LogP contribution in [0.3, 0.4) is 0 Å². The summed E-state index contributed by atoms with van der Waals surface area (Å²) in [6.45, 7) is 0. The van der Waals surface area contributed by atoms with Crippen LogP contribution in [0.4, 0.5) is 5.82 Å². The molecule has 1 aromatic heterocycles. The van der Waals surface area contributed by atoms with E-state index in [1.54, 1.807) is 36.4 Å². The molecule has 2 rings (SSSR count). The van der Waals surface area contributed by atoms with Gasteiger partial charge in [-0.05, 0) is 33.7 Å². The fourth-order valence-corrected chi connectivity index (χ4v) is 1.33. The van der Waals surface area contributed by atoms with Gasteiger partial charge in [-0.3, -0.25) is 0 Å². The summed E-state index contributed by atoms with van der Waals surface area (Å²) < 4.78 is 0. The number of phenolic OH excluding ortho intramolecular Hbond substituents is 1. The lowest BCUT2D eigenvalue weighted by Crippen LogP contribution is -1.89. The Balaban J connectivity index is 2.23. The summed E-state index contributed by atoms with van der Waals surface area (Å²) >= 11 is 0. The van der Waals surface area contributed by atoms with Crippen LogP contribution in [0.2, 0.25) is 0 Å². The molecule has 0 bridgehead atoms. The van der Waals surface area contributed by atoms with E-state index < -0.39 is 4.92 Å². The van der Waals surface area contributed by atoms with Crippen molar-refractivity contribution < 1.29 is 10.0 Å². The van der Waals surface area contributed by atoms with Crippen LogP contribution in [0.25, 0.3) is 12.2 Å². The number of rotatable bonds is 3. The number of H-pyrrole nitrogens is 1. The van der Waals surface area contributed by atoms with E-state index in [-0.39, 0.29) is 11.6 Å². The molecule has 0 aliphatic rings. The van der Waals surface area contributed by atoms with E-state index in [1.165, 1.54) is 6.33 Å². The Morgan fingerprint density at radius 1 is 1.29 bits per heavy atom. The number of aromatic hydroxyl groups is 1. The molecule has 0 saturated carbocycles. The van der Waals surface area contributed by atoms with E-state index in [2.05, 4.69) is 9.97 Å². The summed E-state index contributed by atoms with van der Waals surface area (Å²) in [6.07, 6.45) is 4.53. The van der Waals surface area contributed by atoms with Gasteiger partial charge >= 0.3 is 5.82 Å². The van der Waals surface area contributed by atoms with Gasteiger partial charge in [0, 0.05) is 0 Å².